The maximum Gasteiger partial charge on any atom is 0.312 e. The van der Waals surface area contributed by atoms with Crippen molar-refractivity contribution >= 4 is 35.4 Å². The normalized spacial score (nSPS) is 12.6. The van der Waals surface area contributed by atoms with Crippen LogP contribution in [0.2, 0.25) is 5.02 Å². The summed E-state index contributed by atoms with van der Waals surface area (Å²) in [6.45, 7) is 3.32. The molecule has 0 unspecified atom stereocenters. The molecule has 3 N–H and O–H groups in total. The lowest BCUT2D eigenvalue weighted by Crippen LogP contribution is -2.52. The van der Waals surface area contributed by atoms with Crippen LogP contribution in [0.15, 0.2) is 24.3 Å². The Morgan fingerprint density at radius 2 is 1.65 bits per heavy atom. The average molecular weight is 385 g/mol. The maximum absolute atomic E-state index is 12.3. The van der Waals surface area contributed by atoms with Gasteiger partial charge in [0.05, 0.1) is 25.6 Å². The van der Waals surface area contributed by atoms with E-state index in [4.69, 9.17) is 26.8 Å². The molecule has 9 heteroatoms. The Balaban J connectivity index is 3.03. The van der Waals surface area contributed by atoms with Gasteiger partial charge in [-0.3, -0.25) is 19.2 Å². The molecule has 0 radical (unpaired) electrons. The lowest BCUT2D eigenvalue weighted by atomic mass is 9.95. The second-order valence-corrected chi connectivity index (χ2v) is 5.66. The van der Waals surface area contributed by atoms with Gasteiger partial charge < -0.3 is 20.5 Å². The Kier molecular flexibility index (Phi) is 8.57. The summed E-state index contributed by atoms with van der Waals surface area (Å²) < 4.78 is 9.70. The van der Waals surface area contributed by atoms with Crippen molar-refractivity contribution in [3.05, 3.63) is 34.9 Å². The Morgan fingerprint density at radius 1 is 1.08 bits per heavy atom. The predicted octanol–water partition coefficient (Wildman–Crippen LogP) is 1.06. The summed E-state index contributed by atoms with van der Waals surface area (Å²) in [5.41, 5.74) is 5.54. The average Bonchev–Trinajstić information content (AvgIpc) is 2.58. The number of esters is 2. The fourth-order valence-corrected chi connectivity index (χ4v) is 2.31. The summed E-state index contributed by atoms with van der Waals surface area (Å²) in [5.74, 6) is -4.47. The molecule has 0 aliphatic carbocycles. The highest BCUT2D eigenvalue weighted by molar-refractivity contribution is 6.30. The summed E-state index contributed by atoms with van der Waals surface area (Å²) in [6.07, 6.45) is -0.457. The van der Waals surface area contributed by atoms with Crippen molar-refractivity contribution in [3.63, 3.8) is 0 Å². The quantitative estimate of drug-likeness (QED) is 0.613. The van der Waals surface area contributed by atoms with Crippen LogP contribution in [-0.2, 0) is 23.9 Å². The summed E-state index contributed by atoms with van der Waals surface area (Å²) in [4.78, 5) is 48.1. The number of carbonyl (C=O) groups is 4. The fraction of sp³-hybridized carbons (Fsp3) is 0.412. The first-order valence-electron chi connectivity index (χ1n) is 7.98. The summed E-state index contributed by atoms with van der Waals surface area (Å²) >= 11 is 5.77. The largest absolute Gasteiger partial charge is 0.466 e. The van der Waals surface area contributed by atoms with E-state index in [1.165, 1.54) is 24.3 Å². The zero-order chi connectivity index (χ0) is 19.7. The van der Waals surface area contributed by atoms with Gasteiger partial charge in [-0.1, -0.05) is 11.6 Å². The first kappa shape index (κ1) is 21.4. The molecule has 2 atom stereocenters. The molecular weight excluding hydrogens is 364 g/mol. The first-order valence-corrected chi connectivity index (χ1v) is 8.35. The topological polar surface area (TPSA) is 125 Å². The summed E-state index contributed by atoms with van der Waals surface area (Å²) in [6, 6.07) is 4.44. The standard InChI is InChI=1S/C17H21ClN2O6/c1-3-25-13(21)9-12(17(24)26-4-2)14(15(19)22)20-16(23)10-5-7-11(18)8-6-10/h5-8,12,14H,3-4,9H2,1-2H3,(H2,19,22)(H,20,23)/t12-,14-/m1/s1. The van der Waals surface area contributed by atoms with Crippen molar-refractivity contribution in [2.24, 2.45) is 11.7 Å². The molecule has 0 aliphatic rings. The fourth-order valence-electron chi connectivity index (χ4n) is 2.18. The van der Waals surface area contributed by atoms with Crippen LogP contribution < -0.4 is 11.1 Å². The number of hydrogen-bond donors (Lipinski definition) is 2. The molecule has 0 fully saturated rings. The van der Waals surface area contributed by atoms with E-state index in [2.05, 4.69) is 5.32 Å². The number of rotatable bonds is 9. The summed E-state index contributed by atoms with van der Waals surface area (Å²) in [7, 11) is 0. The maximum atomic E-state index is 12.3. The molecule has 2 amide bonds. The highest BCUT2D eigenvalue weighted by Crippen LogP contribution is 2.15. The second kappa shape index (κ2) is 10.4. The van der Waals surface area contributed by atoms with E-state index < -0.39 is 42.1 Å². The van der Waals surface area contributed by atoms with Gasteiger partial charge in [0.2, 0.25) is 5.91 Å². The van der Waals surface area contributed by atoms with Crippen molar-refractivity contribution in [3.8, 4) is 0 Å². The van der Waals surface area contributed by atoms with Crippen LogP contribution in [0.1, 0.15) is 30.6 Å². The number of ether oxygens (including phenoxy) is 2. The third kappa shape index (κ3) is 6.36. The van der Waals surface area contributed by atoms with Crippen LogP contribution in [0.25, 0.3) is 0 Å². The molecule has 142 valence electrons. The molecular formula is C17H21ClN2O6. The molecule has 0 heterocycles. The third-order valence-electron chi connectivity index (χ3n) is 3.38. The van der Waals surface area contributed by atoms with Crippen LogP contribution in [0.5, 0.6) is 0 Å². The minimum atomic E-state index is -1.44. The van der Waals surface area contributed by atoms with Gasteiger partial charge in [0, 0.05) is 10.6 Å². The minimum Gasteiger partial charge on any atom is -0.466 e. The zero-order valence-corrected chi connectivity index (χ0v) is 15.2. The van der Waals surface area contributed by atoms with Crippen molar-refractivity contribution in [1.29, 1.82) is 0 Å². The van der Waals surface area contributed by atoms with E-state index in [1.54, 1.807) is 13.8 Å². The second-order valence-electron chi connectivity index (χ2n) is 5.23. The predicted molar refractivity (Wildman–Crippen MR) is 93.3 cm³/mol. The molecule has 0 saturated heterocycles. The van der Waals surface area contributed by atoms with Gasteiger partial charge in [-0.25, -0.2) is 0 Å². The van der Waals surface area contributed by atoms with Crippen LogP contribution in [-0.4, -0.2) is 43.0 Å². The van der Waals surface area contributed by atoms with Gasteiger partial charge >= 0.3 is 11.9 Å². The number of amides is 2. The lowest BCUT2D eigenvalue weighted by molar-refractivity contribution is -0.156. The van der Waals surface area contributed by atoms with E-state index in [0.717, 1.165) is 0 Å². The van der Waals surface area contributed by atoms with Crippen molar-refractivity contribution in [1.82, 2.24) is 5.32 Å². The first-order chi connectivity index (χ1) is 12.3. The third-order valence-corrected chi connectivity index (χ3v) is 3.64. The number of benzene rings is 1. The molecule has 1 rings (SSSR count). The molecule has 26 heavy (non-hydrogen) atoms. The SMILES string of the molecule is CCOC(=O)C[C@@H](C(=O)OCC)[C@@H](NC(=O)c1ccc(Cl)cc1)C(N)=O. The number of nitrogens with two attached hydrogens (primary N) is 1. The number of halogens is 1. The van der Waals surface area contributed by atoms with E-state index in [1.807, 2.05) is 0 Å². The Labute approximate surface area is 156 Å². The number of nitrogens with one attached hydrogen (secondary N) is 1. The van der Waals surface area contributed by atoms with Crippen molar-refractivity contribution < 1.29 is 28.7 Å². The Hall–Kier alpha value is -2.61. The van der Waals surface area contributed by atoms with Crippen molar-refractivity contribution in [2.45, 2.75) is 26.3 Å². The molecule has 8 nitrogen and oxygen atoms in total. The van der Waals surface area contributed by atoms with Crippen LogP contribution in [0, 0.1) is 5.92 Å². The number of primary amides is 1. The van der Waals surface area contributed by atoms with E-state index in [9.17, 15) is 19.2 Å². The molecule has 1 aromatic rings. The molecule has 0 spiro atoms. The molecule has 0 aliphatic heterocycles. The van der Waals surface area contributed by atoms with E-state index in [-0.39, 0.29) is 18.8 Å². The van der Waals surface area contributed by atoms with E-state index >= 15 is 0 Å². The van der Waals surface area contributed by atoms with Crippen LogP contribution >= 0.6 is 11.6 Å². The van der Waals surface area contributed by atoms with Gasteiger partial charge in [0.15, 0.2) is 0 Å². The lowest BCUT2D eigenvalue weighted by Gasteiger charge is -2.23. The number of carbonyl (C=O) groups excluding carboxylic acids is 4. The highest BCUT2D eigenvalue weighted by Gasteiger charge is 2.37. The van der Waals surface area contributed by atoms with Crippen LogP contribution in [0.3, 0.4) is 0 Å². The molecule has 0 bridgehead atoms. The Bertz CT molecular complexity index is 662. The molecule has 0 aromatic heterocycles. The Morgan fingerprint density at radius 3 is 2.15 bits per heavy atom. The van der Waals surface area contributed by atoms with Crippen LogP contribution in [0.4, 0.5) is 0 Å². The highest BCUT2D eigenvalue weighted by atomic mass is 35.5. The zero-order valence-electron chi connectivity index (χ0n) is 14.5. The number of hydrogen-bond acceptors (Lipinski definition) is 6. The van der Waals surface area contributed by atoms with E-state index in [0.29, 0.717) is 5.02 Å². The van der Waals surface area contributed by atoms with Gasteiger partial charge in [0.25, 0.3) is 5.91 Å². The minimum absolute atomic E-state index is 0.0365. The summed E-state index contributed by atoms with van der Waals surface area (Å²) in [5, 5.41) is 2.80. The molecule has 0 saturated carbocycles. The monoisotopic (exact) mass is 384 g/mol. The van der Waals surface area contributed by atoms with Gasteiger partial charge in [0.1, 0.15) is 6.04 Å². The van der Waals surface area contributed by atoms with Gasteiger partial charge in [-0.05, 0) is 38.1 Å². The van der Waals surface area contributed by atoms with Crippen molar-refractivity contribution in [2.75, 3.05) is 13.2 Å². The smallest absolute Gasteiger partial charge is 0.312 e. The van der Waals surface area contributed by atoms with Gasteiger partial charge in [-0.15, -0.1) is 0 Å². The van der Waals surface area contributed by atoms with Gasteiger partial charge in [-0.2, -0.15) is 0 Å². The molecule has 1 aromatic carbocycles.